The second-order valence-electron chi connectivity index (χ2n) is 11.3. The number of aliphatic hydroxyl groups excluding tert-OH is 1. The Bertz CT molecular complexity index is 1960. The Morgan fingerprint density at radius 1 is 0.885 bits per heavy atom. The van der Waals surface area contributed by atoms with Crippen LogP contribution < -0.4 is 21.2 Å². The summed E-state index contributed by atoms with van der Waals surface area (Å²) in [5, 5.41) is 15.2. The third kappa shape index (κ3) is 10.1. The van der Waals surface area contributed by atoms with E-state index in [1.165, 1.54) is 29.3 Å². The first-order valence-corrected chi connectivity index (χ1v) is 15.9. The molecule has 9 nitrogen and oxygen atoms in total. The number of anilines is 1. The molecule has 5 N–H and O–H groups in total. The molecule has 15 heteroatoms. The summed E-state index contributed by atoms with van der Waals surface area (Å²) < 4.78 is 82.5. The van der Waals surface area contributed by atoms with Crippen LogP contribution in [0.5, 0.6) is 5.75 Å². The van der Waals surface area contributed by atoms with E-state index in [0.717, 1.165) is 42.7 Å². The van der Waals surface area contributed by atoms with Crippen LogP contribution in [0.1, 0.15) is 40.7 Å². The summed E-state index contributed by atoms with van der Waals surface area (Å²) in [6.07, 6.45) is -7.56. The smallest absolute Gasteiger partial charge is 0.406 e. The van der Waals surface area contributed by atoms with Gasteiger partial charge in [-0.05, 0) is 97.7 Å². The molecule has 0 aromatic heterocycles. The first kappa shape index (κ1) is 37.4. The van der Waals surface area contributed by atoms with Crippen molar-refractivity contribution in [2.24, 2.45) is 26.6 Å². The van der Waals surface area contributed by atoms with Crippen LogP contribution >= 0.6 is 0 Å². The van der Waals surface area contributed by atoms with Crippen LogP contribution in [0.25, 0.3) is 0 Å². The number of halogens is 6. The van der Waals surface area contributed by atoms with Gasteiger partial charge in [0, 0.05) is 23.1 Å². The highest BCUT2D eigenvalue weighted by molar-refractivity contribution is 6.14. The molecule has 0 bridgehead atoms. The number of hydrogen-bond donors (Lipinski definition) is 3. The van der Waals surface area contributed by atoms with Gasteiger partial charge in [0.1, 0.15) is 18.3 Å². The fraction of sp³-hybridized carbons (Fsp3) is 0.216. The Morgan fingerprint density at radius 2 is 1.56 bits per heavy atom. The molecule has 0 fully saturated rings. The number of nitrogens with two attached hydrogens (primary N) is 2. The molecule has 4 aromatic carbocycles. The van der Waals surface area contributed by atoms with Crippen LogP contribution in [0.4, 0.5) is 37.7 Å². The van der Waals surface area contributed by atoms with Gasteiger partial charge in [-0.2, -0.15) is 23.3 Å². The molecule has 52 heavy (non-hydrogen) atoms. The number of alkyl halides is 6. The summed E-state index contributed by atoms with van der Waals surface area (Å²) in [4.78, 5) is 10.9. The lowest BCUT2D eigenvalue weighted by molar-refractivity contribution is -0.274. The second-order valence-corrected chi connectivity index (χ2v) is 11.3. The largest absolute Gasteiger partial charge is 0.573 e. The number of aryl methyl sites for hydroxylation is 1. The second kappa shape index (κ2) is 16.4. The summed E-state index contributed by atoms with van der Waals surface area (Å²) in [7, 11) is 0. The number of rotatable bonds is 9. The van der Waals surface area contributed by atoms with Gasteiger partial charge >= 0.3 is 12.5 Å². The summed E-state index contributed by atoms with van der Waals surface area (Å²) >= 11 is 0. The van der Waals surface area contributed by atoms with E-state index in [4.69, 9.17) is 21.7 Å². The normalized spacial score (nSPS) is 13.9. The highest BCUT2D eigenvalue weighted by Gasteiger charge is 2.33. The third-order valence-corrected chi connectivity index (χ3v) is 7.53. The fourth-order valence-corrected chi connectivity index (χ4v) is 4.96. The molecular formula is C37H33F6N7O2. The summed E-state index contributed by atoms with van der Waals surface area (Å²) in [6.45, 7) is 0.373. The molecule has 0 unspecified atom stereocenters. The van der Waals surface area contributed by atoms with Crippen LogP contribution in [0.15, 0.2) is 112 Å². The number of amidine groups is 2. The zero-order chi connectivity index (χ0) is 37.3. The molecule has 1 aliphatic rings. The van der Waals surface area contributed by atoms with Gasteiger partial charge in [0.05, 0.1) is 23.5 Å². The van der Waals surface area contributed by atoms with E-state index in [1.54, 1.807) is 41.3 Å². The van der Waals surface area contributed by atoms with Gasteiger partial charge in [-0.15, -0.1) is 13.2 Å². The van der Waals surface area contributed by atoms with E-state index in [2.05, 4.69) is 26.6 Å². The number of hydrogen-bond acceptors (Lipinski definition) is 6. The number of nitrogens with zero attached hydrogens (tertiary/aromatic N) is 5. The van der Waals surface area contributed by atoms with Gasteiger partial charge in [0.2, 0.25) is 5.96 Å². The number of guanidine groups is 1. The summed E-state index contributed by atoms with van der Waals surface area (Å²) in [6, 6.07) is 23.6. The van der Waals surface area contributed by atoms with Crippen molar-refractivity contribution in [3.05, 3.63) is 125 Å². The lowest BCUT2D eigenvalue weighted by atomic mass is 10.1. The van der Waals surface area contributed by atoms with Crippen LogP contribution in [0.2, 0.25) is 0 Å². The number of aliphatic imine (C=N–C) groups is 2. The van der Waals surface area contributed by atoms with Crippen molar-refractivity contribution in [2.45, 2.75) is 31.8 Å². The molecule has 0 aliphatic carbocycles. The number of ether oxygens (including phenoxy) is 1. The maximum atomic E-state index is 13.3. The molecule has 0 amide bonds. The topological polar surface area (TPSA) is 125 Å². The van der Waals surface area contributed by atoms with Gasteiger partial charge in [0.15, 0.2) is 5.84 Å². The van der Waals surface area contributed by atoms with E-state index < -0.39 is 23.9 Å². The lowest BCUT2D eigenvalue weighted by Crippen LogP contribution is -2.37. The van der Waals surface area contributed by atoms with Gasteiger partial charge in [0.25, 0.3) is 0 Å². The number of benzene rings is 4. The van der Waals surface area contributed by atoms with Crippen LogP contribution in [-0.2, 0) is 12.6 Å². The number of aliphatic hydroxyl groups is 1. The van der Waals surface area contributed by atoms with Crippen molar-refractivity contribution in [2.75, 3.05) is 24.8 Å². The van der Waals surface area contributed by atoms with Crippen molar-refractivity contribution in [1.29, 1.82) is 0 Å². The molecule has 0 atom stereocenters. The van der Waals surface area contributed by atoms with Crippen LogP contribution in [-0.4, -0.2) is 53.8 Å². The van der Waals surface area contributed by atoms with Gasteiger partial charge in [-0.3, -0.25) is 4.90 Å². The predicted octanol–water partition coefficient (Wildman–Crippen LogP) is 6.76. The monoisotopic (exact) mass is 721 g/mol. The van der Waals surface area contributed by atoms with Crippen LogP contribution in [0, 0.1) is 11.8 Å². The van der Waals surface area contributed by atoms with E-state index in [1.807, 2.05) is 12.1 Å². The van der Waals surface area contributed by atoms with Gasteiger partial charge < -0.3 is 21.3 Å². The molecule has 1 aliphatic heterocycles. The van der Waals surface area contributed by atoms with E-state index in [0.29, 0.717) is 41.2 Å². The molecule has 5 rings (SSSR count). The highest BCUT2D eigenvalue weighted by Crippen LogP contribution is 2.32. The fourth-order valence-electron chi connectivity index (χ4n) is 4.96. The molecule has 1 heterocycles. The Hall–Kier alpha value is -5.85. The minimum Gasteiger partial charge on any atom is -0.406 e. The summed E-state index contributed by atoms with van der Waals surface area (Å²) in [5.74, 6) is 5.67. The SMILES string of the molecule is NCCCc1ccc(C(N)=NC(=Nc2ccc(OC(F)(F)F)cc2)N2CN(c3ccc(C(F)(F)F)cc3)N=C2c2ccc(C#CCCO)cc2)cc1. The van der Waals surface area contributed by atoms with Crippen molar-refractivity contribution < 1.29 is 36.2 Å². The maximum Gasteiger partial charge on any atom is 0.573 e. The third-order valence-electron chi connectivity index (χ3n) is 7.53. The molecule has 0 saturated carbocycles. The Morgan fingerprint density at radius 3 is 2.15 bits per heavy atom. The van der Waals surface area contributed by atoms with Crippen molar-refractivity contribution in [1.82, 2.24) is 4.90 Å². The standard InChI is InChI=1S/C37H33F6N7O2/c38-36(39,40)29-14-18-31(19-15-29)50-24-49(34(48-50)28-12-8-25(9-13-28)4-1-2-23-51)35(46-30-16-20-32(21-17-30)52-37(41,42)43)47-33(45)27-10-6-26(7-11-27)5-3-22-44/h6-21,51H,2-3,5,22-24,44H2,(H2,45,46,47). The Kier molecular flexibility index (Phi) is 11.8. The van der Waals surface area contributed by atoms with Crippen molar-refractivity contribution in [3.8, 4) is 17.6 Å². The zero-order valence-electron chi connectivity index (χ0n) is 27.5. The van der Waals surface area contributed by atoms with Gasteiger partial charge in [-0.25, -0.2) is 10.0 Å². The van der Waals surface area contributed by atoms with Crippen molar-refractivity contribution >= 4 is 29.0 Å². The molecule has 4 aromatic rings. The molecule has 270 valence electrons. The lowest BCUT2D eigenvalue weighted by Gasteiger charge is -2.21. The minimum absolute atomic E-state index is 0.0193. The zero-order valence-corrected chi connectivity index (χ0v) is 27.5. The first-order chi connectivity index (χ1) is 24.8. The van der Waals surface area contributed by atoms with Crippen LogP contribution in [0.3, 0.4) is 0 Å². The molecular weight excluding hydrogens is 688 g/mol. The Balaban J connectivity index is 1.59. The Labute approximate surface area is 295 Å². The van der Waals surface area contributed by atoms with E-state index >= 15 is 0 Å². The molecule has 0 spiro atoms. The van der Waals surface area contributed by atoms with E-state index in [-0.39, 0.29) is 30.8 Å². The minimum atomic E-state index is -4.89. The van der Waals surface area contributed by atoms with E-state index in [9.17, 15) is 26.3 Å². The first-order valence-electron chi connectivity index (χ1n) is 15.9. The summed E-state index contributed by atoms with van der Waals surface area (Å²) in [5.41, 5.74) is 14.7. The van der Waals surface area contributed by atoms with Crippen molar-refractivity contribution in [3.63, 3.8) is 0 Å². The average Bonchev–Trinajstić information content (AvgIpc) is 3.56. The maximum absolute atomic E-state index is 13.3. The molecule has 0 radical (unpaired) electrons. The number of hydrazone groups is 1. The van der Waals surface area contributed by atoms with Gasteiger partial charge in [-0.1, -0.05) is 36.1 Å². The highest BCUT2D eigenvalue weighted by atomic mass is 19.4. The molecule has 0 saturated heterocycles. The quantitative estimate of drug-likeness (QED) is 0.0760. The predicted molar refractivity (Wildman–Crippen MR) is 187 cm³/mol. The average molecular weight is 722 g/mol.